The van der Waals surface area contributed by atoms with Crippen LogP contribution in [0.4, 0.5) is 0 Å². The van der Waals surface area contributed by atoms with Crippen molar-refractivity contribution < 1.29 is 14.7 Å². The van der Waals surface area contributed by atoms with Crippen LogP contribution in [0, 0.1) is 5.92 Å². The number of carboxylic acids is 1. The van der Waals surface area contributed by atoms with Crippen LogP contribution < -0.4 is 0 Å². The van der Waals surface area contributed by atoms with Crippen LogP contribution in [0.3, 0.4) is 0 Å². The summed E-state index contributed by atoms with van der Waals surface area (Å²) in [7, 11) is 2.13. The van der Waals surface area contributed by atoms with E-state index in [0.29, 0.717) is 17.5 Å². The van der Waals surface area contributed by atoms with E-state index in [1.165, 1.54) is 6.92 Å². The zero-order valence-electron chi connectivity index (χ0n) is 13.8. The van der Waals surface area contributed by atoms with E-state index >= 15 is 0 Å². The van der Waals surface area contributed by atoms with Gasteiger partial charge in [0.15, 0.2) is 0 Å². The van der Waals surface area contributed by atoms with Crippen LogP contribution in [0.15, 0.2) is 11.1 Å². The Morgan fingerprint density at radius 2 is 1.71 bits per heavy atom. The van der Waals surface area contributed by atoms with E-state index < -0.39 is 5.97 Å². The molecule has 0 spiro atoms. The van der Waals surface area contributed by atoms with Gasteiger partial charge in [0, 0.05) is 36.8 Å². The summed E-state index contributed by atoms with van der Waals surface area (Å²) in [6.07, 6.45) is 1.98. The number of rotatable bonds is 5. The number of carboxylic acid groups (broad SMARTS) is 1. The highest BCUT2D eigenvalue weighted by Crippen LogP contribution is 2.21. The fraction of sp³-hybridized carbons (Fsp3) is 0.750. The van der Waals surface area contributed by atoms with Gasteiger partial charge in [0.2, 0.25) is 5.91 Å². The van der Waals surface area contributed by atoms with Crippen LogP contribution in [-0.4, -0.2) is 59.5 Å². The smallest absolute Gasteiger partial charge is 0.331 e. The van der Waals surface area contributed by atoms with Gasteiger partial charge < -0.3 is 14.9 Å². The second-order valence-corrected chi connectivity index (χ2v) is 6.32. The van der Waals surface area contributed by atoms with Crippen molar-refractivity contribution >= 4 is 11.9 Å². The lowest BCUT2D eigenvalue weighted by Gasteiger charge is -2.35. The third-order valence-electron chi connectivity index (χ3n) is 4.53. The minimum atomic E-state index is -1.02. The number of hydrogen-bond acceptors (Lipinski definition) is 3. The standard InChI is InChI=1S/C16H28N2O3/c1-11(2)17(5)10-14-6-8-18(9-7-14)15(19)12(3)13(4)16(20)21/h11,14H,6-10H2,1-5H3,(H,20,21). The lowest BCUT2D eigenvalue weighted by molar-refractivity contribution is -0.134. The molecule has 1 amide bonds. The Hall–Kier alpha value is -1.36. The Kier molecular flexibility index (Phi) is 6.40. The zero-order valence-corrected chi connectivity index (χ0v) is 13.8. The van der Waals surface area contributed by atoms with Gasteiger partial charge in [0.05, 0.1) is 0 Å². The molecule has 21 heavy (non-hydrogen) atoms. The van der Waals surface area contributed by atoms with Crippen molar-refractivity contribution in [1.29, 1.82) is 0 Å². The highest BCUT2D eigenvalue weighted by molar-refractivity contribution is 6.01. The molecular weight excluding hydrogens is 268 g/mol. The second-order valence-electron chi connectivity index (χ2n) is 6.32. The van der Waals surface area contributed by atoms with Gasteiger partial charge in [-0.3, -0.25) is 4.79 Å². The highest BCUT2D eigenvalue weighted by Gasteiger charge is 2.26. The molecule has 1 aliphatic rings. The van der Waals surface area contributed by atoms with Crippen LogP contribution in [0.1, 0.15) is 40.5 Å². The number of carbonyl (C=O) groups excluding carboxylic acids is 1. The molecule has 1 aliphatic heterocycles. The molecule has 1 rings (SSSR count). The maximum absolute atomic E-state index is 12.3. The summed E-state index contributed by atoms with van der Waals surface area (Å²) in [4.78, 5) is 27.3. The number of likely N-dealkylation sites (tertiary alicyclic amines) is 1. The molecule has 1 heterocycles. The fourth-order valence-electron chi connectivity index (χ4n) is 2.49. The second kappa shape index (κ2) is 7.59. The monoisotopic (exact) mass is 296 g/mol. The molecule has 0 atom stereocenters. The zero-order chi connectivity index (χ0) is 16.2. The SMILES string of the molecule is CC(C(=O)O)=C(C)C(=O)N1CCC(CN(C)C(C)C)CC1. The first kappa shape index (κ1) is 17.7. The molecule has 120 valence electrons. The van der Waals surface area contributed by atoms with Crippen molar-refractivity contribution in [2.24, 2.45) is 5.92 Å². The van der Waals surface area contributed by atoms with E-state index in [2.05, 4.69) is 25.8 Å². The minimum Gasteiger partial charge on any atom is -0.478 e. The summed E-state index contributed by atoms with van der Waals surface area (Å²) in [6.45, 7) is 9.95. The van der Waals surface area contributed by atoms with E-state index in [9.17, 15) is 9.59 Å². The number of nitrogens with zero attached hydrogens (tertiary/aromatic N) is 2. The van der Waals surface area contributed by atoms with E-state index in [4.69, 9.17) is 5.11 Å². The van der Waals surface area contributed by atoms with E-state index in [0.717, 1.165) is 32.5 Å². The normalized spacial score (nSPS) is 18.1. The van der Waals surface area contributed by atoms with Crippen LogP contribution in [0.5, 0.6) is 0 Å². The van der Waals surface area contributed by atoms with Crippen molar-refractivity contribution in [3.8, 4) is 0 Å². The molecule has 5 nitrogen and oxygen atoms in total. The molecule has 0 bridgehead atoms. The predicted octanol–water partition coefficient (Wildman–Crippen LogP) is 1.99. The lowest BCUT2D eigenvalue weighted by atomic mass is 9.95. The fourth-order valence-corrected chi connectivity index (χ4v) is 2.49. The Balaban J connectivity index is 2.55. The topological polar surface area (TPSA) is 60.9 Å². The van der Waals surface area contributed by atoms with Crippen molar-refractivity contribution in [1.82, 2.24) is 9.80 Å². The number of aliphatic carboxylic acids is 1. The third kappa shape index (κ3) is 4.84. The van der Waals surface area contributed by atoms with Gasteiger partial charge in [-0.1, -0.05) is 0 Å². The maximum Gasteiger partial charge on any atom is 0.331 e. The number of piperidine rings is 1. The molecular formula is C16H28N2O3. The molecule has 0 radical (unpaired) electrons. The molecule has 0 aromatic carbocycles. The molecule has 0 aromatic rings. The molecule has 0 saturated carbocycles. The largest absolute Gasteiger partial charge is 0.478 e. The Morgan fingerprint density at radius 1 is 1.19 bits per heavy atom. The first-order valence-corrected chi connectivity index (χ1v) is 7.64. The number of amides is 1. The first-order chi connectivity index (χ1) is 9.73. The van der Waals surface area contributed by atoms with Gasteiger partial charge in [-0.15, -0.1) is 0 Å². The Labute approximate surface area is 127 Å². The van der Waals surface area contributed by atoms with Crippen molar-refractivity contribution in [3.63, 3.8) is 0 Å². The average molecular weight is 296 g/mol. The predicted molar refractivity (Wildman–Crippen MR) is 83.1 cm³/mol. The Morgan fingerprint density at radius 3 is 2.14 bits per heavy atom. The maximum atomic E-state index is 12.3. The minimum absolute atomic E-state index is 0.134. The molecule has 1 N–H and O–H groups in total. The Bertz CT molecular complexity index is 421. The summed E-state index contributed by atoms with van der Waals surface area (Å²) < 4.78 is 0. The molecule has 5 heteroatoms. The van der Waals surface area contributed by atoms with E-state index in [1.54, 1.807) is 11.8 Å². The van der Waals surface area contributed by atoms with Crippen LogP contribution in [-0.2, 0) is 9.59 Å². The summed E-state index contributed by atoms with van der Waals surface area (Å²) in [5, 5.41) is 8.96. The van der Waals surface area contributed by atoms with Gasteiger partial charge in [-0.2, -0.15) is 0 Å². The van der Waals surface area contributed by atoms with Gasteiger partial charge >= 0.3 is 5.97 Å². The number of carbonyl (C=O) groups is 2. The van der Waals surface area contributed by atoms with Crippen LogP contribution in [0.2, 0.25) is 0 Å². The lowest BCUT2D eigenvalue weighted by Crippen LogP contribution is -2.42. The van der Waals surface area contributed by atoms with Crippen molar-refractivity contribution in [2.75, 3.05) is 26.7 Å². The van der Waals surface area contributed by atoms with Gasteiger partial charge in [0.1, 0.15) is 0 Å². The van der Waals surface area contributed by atoms with Gasteiger partial charge in [0.25, 0.3) is 0 Å². The van der Waals surface area contributed by atoms with Crippen molar-refractivity contribution in [2.45, 2.75) is 46.6 Å². The summed E-state index contributed by atoms with van der Waals surface area (Å²) in [5.74, 6) is -0.536. The van der Waals surface area contributed by atoms with Crippen LogP contribution in [0.25, 0.3) is 0 Å². The number of hydrogen-bond donors (Lipinski definition) is 1. The van der Waals surface area contributed by atoms with Crippen molar-refractivity contribution in [3.05, 3.63) is 11.1 Å². The molecule has 1 fully saturated rings. The average Bonchev–Trinajstić information content (AvgIpc) is 2.45. The highest BCUT2D eigenvalue weighted by atomic mass is 16.4. The van der Waals surface area contributed by atoms with E-state index in [-0.39, 0.29) is 11.5 Å². The van der Waals surface area contributed by atoms with Crippen LogP contribution >= 0.6 is 0 Å². The van der Waals surface area contributed by atoms with Gasteiger partial charge in [-0.05, 0) is 53.5 Å². The third-order valence-corrected chi connectivity index (χ3v) is 4.53. The molecule has 0 aromatic heterocycles. The quantitative estimate of drug-likeness (QED) is 0.788. The molecule has 1 saturated heterocycles. The molecule has 0 unspecified atom stereocenters. The summed E-state index contributed by atoms with van der Waals surface area (Å²) in [5.41, 5.74) is 0.488. The van der Waals surface area contributed by atoms with Gasteiger partial charge in [-0.25, -0.2) is 4.79 Å². The molecule has 0 aliphatic carbocycles. The summed E-state index contributed by atoms with van der Waals surface area (Å²) >= 11 is 0. The first-order valence-electron chi connectivity index (χ1n) is 7.64. The summed E-state index contributed by atoms with van der Waals surface area (Å²) in [6, 6.07) is 0.535. The van der Waals surface area contributed by atoms with E-state index in [1.807, 2.05) is 0 Å².